The van der Waals surface area contributed by atoms with Gasteiger partial charge in [-0.2, -0.15) is 0 Å². The first-order valence-corrected chi connectivity index (χ1v) is 5.74. The average molecular weight is 205 g/mol. The van der Waals surface area contributed by atoms with Crippen LogP contribution in [0.1, 0.15) is 38.4 Å². The van der Waals surface area contributed by atoms with Crippen molar-refractivity contribution in [2.45, 2.75) is 38.8 Å². The minimum absolute atomic E-state index is 0.381. The Kier molecular flexibility index (Phi) is 2.96. The van der Waals surface area contributed by atoms with Gasteiger partial charge in [0, 0.05) is 23.8 Å². The second-order valence-electron chi connectivity index (χ2n) is 4.42. The van der Waals surface area contributed by atoms with Crippen LogP contribution in [0.15, 0.2) is 24.3 Å². The topological polar surface area (TPSA) is 23.5 Å². The summed E-state index contributed by atoms with van der Waals surface area (Å²) in [5.41, 5.74) is 2.25. The molecule has 2 rings (SSSR count). The van der Waals surface area contributed by atoms with E-state index in [1.807, 2.05) is 25.1 Å². The Morgan fingerprint density at radius 2 is 2.13 bits per heavy atom. The Balaban J connectivity index is 2.34. The van der Waals surface area contributed by atoms with Crippen molar-refractivity contribution in [1.82, 2.24) is 0 Å². The Morgan fingerprint density at radius 1 is 1.40 bits per heavy atom. The molecule has 1 aromatic carbocycles. The summed E-state index contributed by atoms with van der Waals surface area (Å²) in [7, 11) is 0. The number of aliphatic hydroxyl groups is 1. The minimum atomic E-state index is -0.381. The molecular weight excluding hydrogens is 186 g/mol. The molecule has 1 aliphatic heterocycles. The van der Waals surface area contributed by atoms with Crippen molar-refractivity contribution >= 4 is 5.69 Å². The summed E-state index contributed by atoms with van der Waals surface area (Å²) in [6.07, 6.45) is 2.14. The van der Waals surface area contributed by atoms with E-state index in [9.17, 15) is 5.11 Å². The van der Waals surface area contributed by atoms with Gasteiger partial charge in [0.05, 0.1) is 6.10 Å². The summed E-state index contributed by atoms with van der Waals surface area (Å²) in [5.74, 6) is 0. The molecule has 1 aliphatic rings. The maximum Gasteiger partial charge on any atom is 0.0781 e. The first-order chi connectivity index (χ1) is 7.20. The van der Waals surface area contributed by atoms with E-state index in [2.05, 4.69) is 17.9 Å². The number of para-hydroxylation sites is 1. The van der Waals surface area contributed by atoms with E-state index in [4.69, 9.17) is 0 Å². The van der Waals surface area contributed by atoms with Crippen LogP contribution in [0.4, 0.5) is 5.69 Å². The molecule has 1 heterocycles. The number of rotatable bonds is 2. The molecule has 1 fully saturated rings. The van der Waals surface area contributed by atoms with Crippen LogP contribution in [0.25, 0.3) is 0 Å². The standard InChI is InChI=1S/C13H19NO/c1-10-6-5-9-14(10)13-8-4-3-7-12(13)11(2)15/h3-4,7-8,10-11,15H,5-6,9H2,1-2H3/t10?,11-/m0/s1. The molecule has 2 nitrogen and oxygen atoms in total. The van der Waals surface area contributed by atoms with Crippen LogP contribution in [-0.2, 0) is 0 Å². The van der Waals surface area contributed by atoms with Crippen molar-refractivity contribution < 1.29 is 5.11 Å². The molecule has 2 atom stereocenters. The van der Waals surface area contributed by atoms with Crippen molar-refractivity contribution in [1.29, 1.82) is 0 Å². The van der Waals surface area contributed by atoms with E-state index in [0.717, 1.165) is 12.1 Å². The third kappa shape index (κ3) is 2.00. The fourth-order valence-electron chi connectivity index (χ4n) is 2.39. The van der Waals surface area contributed by atoms with Gasteiger partial charge in [-0.3, -0.25) is 0 Å². The van der Waals surface area contributed by atoms with Crippen molar-refractivity contribution in [2.75, 3.05) is 11.4 Å². The first-order valence-electron chi connectivity index (χ1n) is 5.74. The molecule has 15 heavy (non-hydrogen) atoms. The molecule has 0 bridgehead atoms. The second-order valence-corrected chi connectivity index (χ2v) is 4.42. The van der Waals surface area contributed by atoms with E-state index >= 15 is 0 Å². The first kappa shape index (κ1) is 10.5. The number of hydrogen-bond acceptors (Lipinski definition) is 2. The van der Waals surface area contributed by atoms with E-state index in [0.29, 0.717) is 6.04 Å². The molecule has 0 radical (unpaired) electrons. The summed E-state index contributed by atoms with van der Waals surface area (Å²) in [4.78, 5) is 2.40. The van der Waals surface area contributed by atoms with Gasteiger partial charge in [-0.05, 0) is 32.8 Å². The van der Waals surface area contributed by atoms with E-state index < -0.39 is 0 Å². The van der Waals surface area contributed by atoms with Gasteiger partial charge < -0.3 is 10.0 Å². The molecular formula is C13H19NO. The van der Waals surface area contributed by atoms with Crippen LogP contribution in [0.3, 0.4) is 0 Å². The quantitative estimate of drug-likeness (QED) is 0.802. The number of hydrogen-bond donors (Lipinski definition) is 1. The SMILES string of the molecule is CC1CCCN1c1ccccc1[C@H](C)O. The van der Waals surface area contributed by atoms with Crippen molar-refractivity contribution in [3.05, 3.63) is 29.8 Å². The van der Waals surface area contributed by atoms with Gasteiger partial charge in [0.15, 0.2) is 0 Å². The zero-order valence-electron chi connectivity index (χ0n) is 9.48. The summed E-state index contributed by atoms with van der Waals surface area (Å²) < 4.78 is 0. The van der Waals surface area contributed by atoms with Crippen LogP contribution < -0.4 is 4.90 Å². The normalized spacial score (nSPS) is 23.1. The molecule has 0 saturated carbocycles. The minimum Gasteiger partial charge on any atom is -0.389 e. The predicted octanol–water partition coefficient (Wildman–Crippen LogP) is 2.73. The smallest absolute Gasteiger partial charge is 0.0781 e. The molecule has 0 amide bonds. The highest BCUT2D eigenvalue weighted by molar-refractivity contribution is 5.55. The maximum absolute atomic E-state index is 9.72. The molecule has 0 aromatic heterocycles. The van der Waals surface area contributed by atoms with E-state index in [1.54, 1.807) is 0 Å². The fraction of sp³-hybridized carbons (Fsp3) is 0.538. The van der Waals surface area contributed by atoms with Crippen LogP contribution in [-0.4, -0.2) is 17.7 Å². The zero-order chi connectivity index (χ0) is 10.8. The summed E-state index contributed by atoms with van der Waals surface area (Å²) >= 11 is 0. The highest BCUT2D eigenvalue weighted by Gasteiger charge is 2.23. The summed E-state index contributed by atoms with van der Waals surface area (Å²) in [5, 5.41) is 9.72. The third-order valence-corrected chi connectivity index (χ3v) is 3.25. The van der Waals surface area contributed by atoms with E-state index in [1.165, 1.54) is 18.5 Å². The van der Waals surface area contributed by atoms with Crippen molar-refractivity contribution in [3.63, 3.8) is 0 Å². The third-order valence-electron chi connectivity index (χ3n) is 3.25. The molecule has 2 heteroatoms. The average Bonchev–Trinajstić information content (AvgIpc) is 2.64. The number of anilines is 1. The molecule has 0 spiro atoms. The molecule has 1 saturated heterocycles. The van der Waals surface area contributed by atoms with Crippen LogP contribution >= 0.6 is 0 Å². The van der Waals surface area contributed by atoms with Gasteiger partial charge in [0.1, 0.15) is 0 Å². The predicted molar refractivity (Wildman–Crippen MR) is 63.1 cm³/mol. The van der Waals surface area contributed by atoms with Crippen LogP contribution in [0.2, 0.25) is 0 Å². The molecule has 1 N–H and O–H groups in total. The monoisotopic (exact) mass is 205 g/mol. The summed E-state index contributed by atoms with van der Waals surface area (Å²) in [6, 6.07) is 8.78. The number of benzene rings is 1. The van der Waals surface area contributed by atoms with Gasteiger partial charge in [0.25, 0.3) is 0 Å². The second kappa shape index (κ2) is 4.23. The van der Waals surface area contributed by atoms with Crippen molar-refractivity contribution in [3.8, 4) is 0 Å². The van der Waals surface area contributed by atoms with Gasteiger partial charge in [-0.25, -0.2) is 0 Å². The molecule has 82 valence electrons. The highest BCUT2D eigenvalue weighted by atomic mass is 16.3. The lowest BCUT2D eigenvalue weighted by Gasteiger charge is -2.27. The van der Waals surface area contributed by atoms with Gasteiger partial charge in [-0.15, -0.1) is 0 Å². The lowest BCUT2D eigenvalue weighted by atomic mass is 10.1. The molecule has 1 aromatic rings. The largest absolute Gasteiger partial charge is 0.389 e. The number of aliphatic hydroxyl groups excluding tert-OH is 1. The lowest BCUT2D eigenvalue weighted by molar-refractivity contribution is 0.199. The lowest BCUT2D eigenvalue weighted by Crippen LogP contribution is -2.27. The van der Waals surface area contributed by atoms with Gasteiger partial charge in [-0.1, -0.05) is 18.2 Å². The molecule has 0 aliphatic carbocycles. The van der Waals surface area contributed by atoms with Gasteiger partial charge >= 0.3 is 0 Å². The molecule has 1 unspecified atom stereocenters. The maximum atomic E-state index is 9.72. The number of nitrogens with zero attached hydrogens (tertiary/aromatic N) is 1. The zero-order valence-corrected chi connectivity index (χ0v) is 9.48. The Morgan fingerprint density at radius 3 is 2.73 bits per heavy atom. The Hall–Kier alpha value is -1.02. The Bertz CT molecular complexity index is 335. The fourth-order valence-corrected chi connectivity index (χ4v) is 2.39. The van der Waals surface area contributed by atoms with Crippen LogP contribution in [0.5, 0.6) is 0 Å². The van der Waals surface area contributed by atoms with Crippen molar-refractivity contribution in [2.24, 2.45) is 0 Å². The Labute approximate surface area is 91.5 Å². The highest BCUT2D eigenvalue weighted by Crippen LogP contribution is 2.31. The van der Waals surface area contributed by atoms with Crippen LogP contribution in [0, 0.1) is 0 Å². The van der Waals surface area contributed by atoms with Gasteiger partial charge in [0.2, 0.25) is 0 Å². The summed E-state index contributed by atoms with van der Waals surface area (Å²) in [6.45, 7) is 5.20. The van der Waals surface area contributed by atoms with E-state index in [-0.39, 0.29) is 6.10 Å².